The van der Waals surface area contributed by atoms with Crippen LogP contribution in [0.1, 0.15) is 27.5 Å². The maximum absolute atomic E-state index is 13.4. The lowest BCUT2D eigenvalue weighted by Gasteiger charge is -2.27. The number of hydrogen-bond acceptors (Lipinski definition) is 4. The number of carbonyl (C=O) groups is 2. The van der Waals surface area contributed by atoms with Crippen LogP contribution in [0.15, 0.2) is 78.9 Å². The van der Waals surface area contributed by atoms with Gasteiger partial charge in [-0.2, -0.15) is 0 Å². The van der Waals surface area contributed by atoms with Crippen molar-refractivity contribution in [1.29, 1.82) is 0 Å². The van der Waals surface area contributed by atoms with E-state index in [4.69, 9.17) is 4.74 Å². The summed E-state index contributed by atoms with van der Waals surface area (Å²) in [4.78, 5) is 30.2. The fraction of sp³-hybridized carbons (Fsp3) is 0.231. The summed E-state index contributed by atoms with van der Waals surface area (Å²) < 4.78 is 5.72. The van der Waals surface area contributed by atoms with Crippen molar-refractivity contribution in [2.75, 3.05) is 32.6 Å². The molecular formula is C26H27N3O3. The first kappa shape index (κ1) is 21.6. The van der Waals surface area contributed by atoms with Crippen LogP contribution in [-0.2, 0) is 11.3 Å². The third kappa shape index (κ3) is 4.81. The van der Waals surface area contributed by atoms with Crippen molar-refractivity contribution in [2.24, 2.45) is 0 Å². The molecule has 0 aliphatic carbocycles. The van der Waals surface area contributed by atoms with Crippen molar-refractivity contribution < 1.29 is 14.3 Å². The van der Waals surface area contributed by atoms with E-state index in [1.54, 1.807) is 4.90 Å². The van der Waals surface area contributed by atoms with Gasteiger partial charge in [-0.05, 0) is 55.6 Å². The minimum Gasteiger partial charge on any atom is -0.492 e. The summed E-state index contributed by atoms with van der Waals surface area (Å²) in [5.41, 5.74) is 3.01. The quantitative estimate of drug-likeness (QED) is 0.589. The molecule has 0 radical (unpaired) electrons. The van der Waals surface area contributed by atoms with Crippen LogP contribution in [0.3, 0.4) is 0 Å². The topological polar surface area (TPSA) is 61.9 Å². The summed E-state index contributed by atoms with van der Waals surface area (Å²) in [7, 11) is 3.99. The highest BCUT2D eigenvalue weighted by Gasteiger charge is 2.37. The Morgan fingerprint density at radius 2 is 1.69 bits per heavy atom. The van der Waals surface area contributed by atoms with E-state index < -0.39 is 6.04 Å². The van der Waals surface area contributed by atoms with Crippen molar-refractivity contribution >= 4 is 17.5 Å². The Bertz CT molecular complexity index is 1080. The highest BCUT2D eigenvalue weighted by molar-refractivity contribution is 6.03. The third-order valence-electron chi connectivity index (χ3n) is 5.45. The summed E-state index contributed by atoms with van der Waals surface area (Å²) in [6.07, 6.45) is 0. The first-order chi connectivity index (χ1) is 15.5. The number of likely N-dealkylation sites (N-methyl/N-ethyl adjacent to an activating group) is 1. The molecule has 1 heterocycles. The molecule has 1 aliphatic rings. The molecule has 1 N–H and O–H groups in total. The van der Waals surface area contributed by atoms with Gasteiger partial charge in [0.1, 0.15) is 18.4 Å². The monoisotopic (exact) mass is 429 g/mol. The van der Waals surface area contributed by atoms with Gasteiger partial charge >= 0.3 is 0 Å². The minimum absolute atomic E-state index is 0.130. The molecule has 0 aromatic heterocycles. The van der Waals surface area contributed by atoms with Gasteiger partial charge in [0, 0.05) is 24.3 Å². The van der Waals surface area contributed by atoms with E-state index in [9.17, 15) is 9.59 Å². The summed E-state index contributed by atoms with van der Waals surface area (Å²) in [6, 6.07) is 23.5. The highest BCUT2D eigenvalue weighted by atomic mass is 16.5. The number of hydrogen-bond donors (Lipinski definition) is 1. The number of benzene rings is 3. The normalized spacial score (nSPS) is 13.7. The molecule has 6 nitrogen and oxygen atoms in total. The van der Waals surface area contributed by atoms with Crippen molar-refractivity contribution in [3.05, 3.63) is 95.6 Å². The van der Waals surface area contributed by atoms with Crippen LogP contribution in [0.4, 0.5) is 5.69 Å². The largest absolute Gasteiger partial charge is 0.492 e. The van der Waals surface area contributed by atoms with Gasteiger partial charge < -0.3 is 19.9 Å². The second-order valence-electron chi connectivity index (χ2n) is 8.07. The summed E-state index contributed by atoms with van der Waals surface area (Å²) >= 11 is 0. The molecule has 0 spiro atoms. The number of ether oxygens (including phenoxy) is 1. The van der Waals surface area contributed by atoms with Crippen molar-refractivity contribution in [3.63, 3.8) is 0 Å². The SMILES string of the molecule is CN(C)CCOc1ccc(NC(=O)[C@H](c2ccccc2)N2Cc3ccccc3C2=O)cc1. The number of anilines is 1. The Hall–Kier alpha value is -3.64. The molecular weight excluding hydrogens is 402 g/mol. The van der Waals surface area contributed by atoms with Crippen LogP contribution >= 0.6 is 0 Å². The molecule has 32 heavy (non-hydrogen) atoms. The van der Waals surface area contributed by atoms with Crippen LogP contribution in [-0.4, -0.2) is 48.9 Å². The maximum Gasteiger partial charge on any atom is 0.255 e. The smallest absolute Gasteiger partial charge is 0.255 e. The van der Waals surface area contributed by atoms with Gasteiger partial charge in [-0.1, -0.05) is 48.5 Å². The van der Waals surface area contributed by atoms with Crippen LogP contribution in [0.25, 0.3) is 0 Å². The third-order valence-corrected chi connectivity index (χ3v) is 5.45. The first-order valence-electron chi connectivity index (χ1n) is 10.7. The Balaban J connectivity index is 1.51. The molecule has 0 saturated heterocycles. The van der Waals surface area contributed by atoms with Gasteiger partial charge in [0.25, 0.3) is 11.8 Å². The Kier molecular flexibility index (Phi) is 6.52. The van der Waals surface area contributed by atoms with Gasteiger partial charge in [-0.25, -0.2) is 0 Å². The molecule has 0 bridgehead atoms. The molecule has 2 amide bonds. The van der Waals surface area contributed by atoms with E-state index in [-0.39, 0.29) is 11.8 Å². The zero-order valence-electron chi connectivity index (χ0n) is 18.3. The molecule has 0 saturated carbocycles. The molecule has 3 aromatic rings. The standard InChI is InChI=1S/C26H27N3O3/c1-28(2)16-17-32-22-14-12-21(13-15-22)27-25(30)24(19-8-4-3-5-9-19)29-18-20-10-6-7-11-23(20)26(29)31/h3-15,24H,16-18H2,1-2H3,(H,27,30)/t24-/m0/s1. The van der Waals surface area contributed by atoms with E-state index in [1.807, 2.05) is 93.0 Å². The molecule has 1 aliphatic heterocycles. The van der Waals surface area contributed by atoms with E-state index in [2.05, 4.69) is 10.2 Å². The lowest BCUT2D eigenvalue weighted by molar-refractivity contribution is -0.120. The van der Waals surface area contributed by atoms with Crippen molar-refractivity contribution in [2.45, 2.75) is 12.6 Å². The van der Waals surface area contributed by atoms with E-state index in [1.165, 1.54) is 0 Å². The van der Waals surface area contributed by atoms with Crippen LogP contribution < -0.4 is 10.1 Å². The Morgan fingerprint density at radius 1 is 1.00 bits per heavy atom. The van der Waals surface area contributed by atoms with E-state index in [0.717, 1.165) is 23.4 Å². The second-order valence-corrected chi connectivity index (χ2v) is 8.07. The lowest BCUT2D eigenvalue weighted by atomic mass is 10.0. The predicted octanol–water partition coefficient (Wildman–Crippen LogP) is 3.96. The van der Waals surface area contributed by atoms with Crippen LogP contribution in [0.5, 0.6) is 5.75 Å². The average Bonchev–Trinajstić information content (AvgIpc) is 3.12. The number of nitrogens with one attached hydrogen (secondary N) is 1. The van der Waals surface area contributed by atoms with E-state index >= 15 is 0 Å². The van der Waals surface area contributed by atoms with Crippen molar-refractivity contribution in [1.82, 2.24) is 9.80 Å². The van der Waals surface area contributed by atoms with Gasteiger partial charge in [-0.15, -0.1) is 0 Å². The molecule has 0 fully saturated rings. The predicted molar refractivity (Wildman–Crippen MR) is 125 cm³/mol. The number of amides is 2. The molecule has 1 atom stereocenters. The summed E-state index contributed by atoms with van der Waals surface area (Å²) in [6.45, 7) is 1.82. The van der Waals surface area contributed by atoms with Gasteiger partial charge in [0.15, 0.2) is 0 Å². The van der Waals surface area contributed by atoms with E-state index in [0.29, 0.717) is 24.4 Å². The minimum atomic E-state index is -0.730. The zero-order chi connectivity index (χ0) is 22.5. The van der Waals surface area contributed by atoms with Gasteiger partial charge in [-0.3, -0.25) is 9.59 Å². The maximum atomic E-state index is 13.4. The number of fused-ring (bicyclic) bond motifs is 1. The number of rotatable bonds is 8. The summed E-state index contributed by atoms with van der Waals surface area (Å²) in [5.74, 6) is 0.363. The second kappa shape index (κ2) is 9.66. The summed E-state index contributed by atoms with van der Waals surface area (Å²) in [5, 5.41) is 2.97. The molecule has 164 valence electrons. The van der Waals surface area contributed by atoms with Crippen LogP contribution in [0.2, 0.25) is 0 Å². The molecule has 3 aromatic carbocycles. The van der Waals surface area contributed by atoms with Gasteiger partial charge in [0.2, 0.25) is 0 Å². The molecule has 0 unspecified atom stereocenters. The Labute approximate surface area is 188 Å². The Morgan fingerprint density at radius 3 is 2.38 bits per heavy atom. The van der Waals surface area contributed by atoms with Crippen LogP contribution in [0, 0.1) is 0 Å². The number of nitrogens with zero attached hydrogens (tertiary/aromatic N) is 2. The fourth-order valence-corrected chi connectivity index (χ4v) is 3.78. The average molecular weight is 430 g/mol. The molecule has 6 heteroatoms. The molecule has 4 rings (SSSR count). The van der Waals surface area contributed by atoms with Gasteiger partial charge in [0.05, 0.1) is 0 Å². The van der Waals surface area contributed by atoms with Crippen molar-refractivity contribution in [3.8, 4) is 5.75 Å². The lowest BCUT2D eigenvalue weighted by Crippen LogP contribution is -2.37. The highest BCUT2D eigenvalue weighted by Crippen LogP contribution is 2.32. The first-order valence-corrected chi connectivity index (χ1v) is 10.7. The zero-order valence-corrected chi connectivity index (χ0v) is 18.3. The number of carbonyl (C=O) groups excluding carboxylic acids is 2. The fourth-order valence-electron chi connectivity index (χ4n) is 3.78.